The van der Waals surface area contributed by atoms with E-state index in [1.54, 1.807) is 31.2 Å². The molecule has 0 bridgehead atoms. The summed E-state index contributed by atoms with van der Waals surface area (Å²) in [5.41, 5.74) is 5.05. The van der Waals surface area contributed by atoms with E-state index in [2.05, 4.69) is 0 Å². The number of piperidine rings is 1. The molecule has 1 atom stereocenters. The second-order valence-electron chi connectivity index (χ2n) is 7.74. The first-order valence-electron chi connectivity index (χ1n) is 9.54. The summed E-state index contributed by atoms with van der Waals surface area (Å²) in [6, 6.07) is 10.4. The molecule has 1 amide bonds. The average Bonchev–Trinajstić information content (AvgIpc) is 2.67. The van der Waals surface area contributed by atoms with Crippen molar-refractivity contribution in [1.29, 1.82) is 0 Å². The first-order chi connectivity index (χ1) is 14.1. The summed E-state index contributed by atoms with van der Waals surface area (Å²) in [7, 11) is -3.86. The SMILES string of the molecule is Cc1cc(F)ccc1S(=O)(=O)N1CCCC(COc2ccc(Cl)cc2)(CC(N)=O)C1. The Morgan fingerprint density at radius 1 is 1.27 bits per heavy atom. The van der Waals surface area contributed by atoms with Gasteiger partial charge in [0.2, 0.25) is 15.9 Å². The molecule has 2 N–H and O–H groups in total. The van der Waals surface area contributed by atoms with E-state index in [-0.39, 0.29) is 24.5 Å². The number of nitrogens with zero attached hydrogens (tertiary/aromatic N) is 1. The Morgan fingerprint density at radius 2 is 1.97 bits per heavy atom. The molecule has 6 nitrogen and oxygen atoms in total. The van der Waals surface area contributed by atoms with Crippen LogP contribution in [0.3, 0.4) is 0 Å². The predicted octanol–water partition coefficient (Wildman–Crippen LogP) is 3.51. The van der Waals surface area contributed by atoms with Crippen LogP contribution in [0.25, 0.3) is 0 Å². The van der Waals surface area contributed by atoms with Crippen LogP contribution in [0.4, 0.5) is 4.39 Å². The fourth-order valence-corrected chi connectivity index (χ4v) is 5.78. The molecule has 1 aliphatic rings. The van der Waals surface area contributed by atoms with E-state index in [1.807, 2.05) is 0 Å². The molecule has 30 heavy (non-hydrogen) atoms. The van der Waals surface area contributed by atoms with Crippen molar-refractivity contribution in [2.24, 2.45) is 11.1 Å². The van der Waals surface area contributed by atoms with Crippen LogP contribution in [-0.4, -0.2) is 38.3 Å². The molecule has 0 radical (unpaired) electrons. The monoisotopic (exact) mass is 454 g/mol. The van der Waals surface area contributed by atoms with Crippen LogP contribution in [0.15, 0.2) is 47.4 Å². The normalized spacial score (nSPS) is 20.1. The minimum atomic E-state index is -3.86. The largest absolute Gasteiger partial charge is 0.493 e. The van der Waals surface area contributed by atoms with Crippen molar-refractivity contribution in [3.05, 3.63) is 58.9 Å². The first-order valence-corrected chi connectivity index (χ1v) is 11.4. The quantitative estimate of drug-likeness (QED) is 0.693. The highest BCUT2D eigenvalue weighted by Crippen LogP contribution is 2.37. The Bertz CT molecular complexity index is 1030. The third-order valence-corrected chi connectivity index (χ3v) is 7.55. The van der Waals surface area contributed by atoms with Gasteiger partial charge in [-0.3, -0.25) is 4.79 Å². The lowest BCUT2D eigenvalue weighted by Gasteiger charge is -2.41. The number of halogens is 2. The number of benzene rings is 2. The Balaban J connectivity index is 1.85. The van der Waals surface area contributed by atoms with Gasteiger partial charge < -0.3 is 10.5 Å². The van der Waals surface area contributed by atoms with Crippen LogP contribution in [0.2, 0.25) is 5.02 Å². The number of carbonyl (C=O) groups is 1. The number of hydrogen-bond donors (Lipinski definition) is 1. The molecule has 2 aromatic rings. The highest BCUT2D eigenvalue weighted by Gasteiger charge is 2.42. The highest BCUT2D eigenvalue weighted by atomic mass is 35.5. The maximum atomic E-state index is 13.4. The van der Waals surface area contributed by atoms with E-state index >= 15 is 0 Å². The van der Waals surface area contributed by atoms with Gasteiger partial charge in [-0.05, 0) is 67.8 Å². The summed E-state index contributed by atoms with van der Waals surface area (Å²) in [5.74, 6) is -0.450. The van der Waals surface area contributed by atoms with Gasteiger partial charge in [0.25, 0.3) is 0 Å². The van der Waals surface area contributed by atoms with Crippen LogP contribution in [0, 0.1) is 18.2 Å². The zero-order valence-corrected chi connectivity index (χ0v) is 18.2. The van der Waals surface area contributed by atoms with E-state index in [1.165, 1.54) is 16.4 Å². The van der Waals surface area contributed by atoms with E-state index in [4.69, 9.17) is 22.1 Å². The molecule has 1 heterocycles. The second-order valence-corrected chi connectivity index (χ2v) is 10.1. The number of sulfonamides is 1. The molecule has 1 aliphatic heterocycles. The fourth-order valence-electron chi connectivity index (χ4n) is 3.86. The van der Waals surface area contributed by atoms with Crippen molar-refractivity contribution in [1.82, 2.24) is 4.31 Å². The van der Waals surface area contributed by atoms with Gasteiger partial charge in [-0.1, -0.05) is 11.6 Å². The Labute approximate surface area is 180 Å². The highest BCUT2D eigenvalue weighted by molar-refractivity contribution is 7.89. The van der Waals surface area contributed by atoms with Crippen molar-refractivity contribution in [2.75, 3.05) is 19.7 Å². The van der Waals surface area contributed by atoms with Crippen LogP contribution in [-0.2, 0) is 14.8 Å². The Hall–Kier alpha value is -2.16. The van der Waals surface area contributed by atoms with Gasteiger partial charge in [-0.2, -0.15) is 4.31 Å². The molecular weight excluding hydrogens is 431 g/mol. The molecule has 1 fully saturated rings. The van der Waals surface area contributed by atoms with Gasteiger partial charge in [0.15, 0.2) is 0 Å². The number of ether oxygens (including phenoxy) is 1. The molecule has 1 saturated heterocycles. The van der Waals surface area contributed by atoms with Gasteiger partial charge in [-0.15, -0.1) is 0 Å². The summed E-state index contributed by atoms with van der Waals surface area (Å²) < 4.78 is 47.1. The van der Waals surface area contributed by atoms with Crippen LogP contribution in [0.5, 0.6) is 5.75 Å². The number of nitrogens with two attached hydrogens (primary N) is 1. The molecule has 0 aromatic heterocycles. The van der Waals surface area contributed by atoms with Crippen molar-refractivity contribution in [2.45, 2.75) is 31.1 Å². The third-order valence-electron chi connectivity index (χ3n) is 5.29. The summed E-state index contributed by atoms with van der Waals surface area (Å²) >= 11 is 5.89. The number of carbonyl (C=O) groups excluding carboxylic acids is 1. The maximum Gasteiger partial charge on any atom is 0.243 e. The predicted molar refractivity (Wildman–Crippen MR) is 112 cm³/mol. The van der Waals surface area contributed by atoms with Gasteiger partial charge >= 0.3 is 0 Å². The second kappa shape index (κ2) is 8.91. The summed E-state index contributed by atoms with van der Waals surface area (Å²) in [6.07, 6.45) is 1.14. The van der Waals surface area contributed by atoms with E-state index in [0.29, 0.717) is 35.7 Å². The van der Waals surface area contributed by atoms with Crippen molar-refractivity contribution in [3.63, 3.8) is 0 Å². The standard InChI is InChI=1S/C21H24ClFN2O4S/c1-15-11-17(23)5-8-19(15)30(27,28)25-10-2-9-21(13-25,12-20(24)26)14-29-18-6-3-16(22)4-7-18/h3-8,11H,2,9-10,12-14H2,1H3,(H2,24,26). The first kappa shape index (κ1) is 22.5. The molecule has 9 heteroatoms. The number of hydrogen-bond acceptors (Lipinski definition) is 4. The van der Waals surface area contributed by atoms with Crippen LogP contribution >= 0.6 is 11.6 Å². The minimum absolute atomic E-state index is 0.00495. The summed E-state index contributed by atoms with van der Waals surface area (Å²) in [6.45, 7) is 2.08. The molecule has 2 aromatic carbocycles. The average molecular weight is 455 g/mol. The van der Waals surface area contributed by atoms with Crippen molar-refractivity contribution >= 4 is 27.5 Å². The fraction of sp³-hybridized carbons (Fsp3) is 0.381. The molecule has 0 aliphatic carbocycles. The number of rotatable bonds is 7. The zero-order valence-electron chi connectivity index (χ0n) is 16.6. The van der Waals surface area contributed by atoms with E-state index in [9.17, 15) is 17.6 Å². The van der Waals surface area contributed by atoms with Gasteiger partial charge in [0.1, 0.15) is 11.6 Å². The number of aryl methyl sites for hydroxylation is 1. The molecule has 162 valence electrons. The molecular formula is C21H24ClFN2O4S. The summed E-state index contributed by atoms with van der Waals surface area (Å²) in [5, 5.41) is 0.568. The molecule has 0 spiro atoms. The van der Waals surface area contributed by atoms with E-state index in [0.717, 1.165) is 6.07 Å². The minimum Gasteiger partial charge on any atom is -0.493 e. The number of amides is 1. The smallest absolute Gasteiger partial charge is 0.243 e. The lowest BCUT2D eigenvalue weighted by Crippen LogP contribution is -2.50. The lowest BCUT2D eigenvalue weighted by molar-refractivity contribution is -0.121. The van der Waals surface area contributed by atoms with Crippen LogP contribution < -0.4 is 10.5 Å². The van der Waals surface area contributed by atoms with Crippen LogP contribution in [0.1, 0.15) is 24.8 Å². The molecule has 0 saturated carbocycles. The number of primary amides is 1. The summed E-state index contributed by atoms with van der Waals surface area (Å²) in [4.78, 5) is 11.8. The van der Waals surface area contributed by atoms with Gasteiger partial charge in [0.05, 0.1) is 11.5 Å². The molecule has 3 rings (SSSR count). The Kier molecular flexibility index (Phi) is 6.69. The topological polar surface area (TPSA) is 89.7 Å². The van der Waals surface area contributed by atoms with Crippen molar-refractivity contribution in [3.8, 4) is 5.75 Å². The van der Waals surface area contributed by atoms with Gasteiger partial charge in [-0.25, -0.2) is 12.8 Å². The molecule has 1 unspecified atom stereocenters. The van der Waals surface area contributed by atoms with Crippen molar-refractivity contribution < 1.29 is 22.3 Å². The lowest BCUT2D eigenvalue weighted by atomic mass is 9.78. The van der Waals surface area contributed by atoms with Gasteiger partial charge in [0, 0.05) is 29.9 Å². The maximum absolute atomic E-state index is 13.4. The Morgan fingerprint density at radius 3 is 2.60 bits per heavy atom. The third kappa shape index (κ3) is 5.11. The zero-order chi connectivity index (χ0) is 21.9. The van der Waals surface area contributed by atoms with E-state index < -0.39 is 27.2 Å².